The summed E-state index contributed by atoms with van der Waals surface area (Å²) >= 11 is 1.47. The third-order valence-corrected chi connectivity index (χ3v) is 6.36. The van der Waals surface area contributed by atoms with E-state index in [1.54, 1.807) is 29.2 Å². The number of carbonyl (C=O) groups is 2. The van der Waals surface area contributed by atoms with Crippen molar-refractivity contribution >= 4 is 28.8 Å². The first-order valence-electron chi connectivity index (χ1n) is 10.7. The van der Waals surface area contributed by atoms with Gasteiger partial charge in [0.05, 0.1) is 18.2 Å². The minimum Gasteiger partial charge on any atom is -0.507 e. The van der Waals surface area contributed by atoms with Crippen molar-refractivity contribution in [1.82, 2.24) is 4.90 Å². The van der Waals surface area contributed by atoms with Gasteiger partial charge in [-0.3, -0.25) is 9.59 Å². The standard InChI is InChI=1S/C26H25NO4S/c1-2-16-31-20-12-10-19(11-13-20)24(28)22-23(21-9-6-17-32-21)27(26(30)25(22)29)15-14-18-7-4-3-5-8-18/h3-13,17,23,28H,2,14-16H2,1H3/b24-22+. The number of thiophene rings is 1. The van der Waals surface area contributed by atoms with Crippen molar-refractivity contribution in [3.8, 4) is 5.75 Å². The number of hydrogen-bond donors (Lipinski definition) is 1. The molecule has 1 atom stereocenters. The van der Waals surface area contributed by atoms with E-state index in [0.717, 1.165) is 16.9 Å². The van der Waals surface area contributed by atoms with Gasteiger partial charge in [0, 0.05) is 17.0 Å². The number of aliphatic hydroxyl groups excluding tert-OH is 1. The molecule has 0 bridgehead atoms. The molecule has 4 rings (SSSR count). The van der Waals surface area contributed by atoms with Gasteiger partial charge >= 0.3 is 0 Å². The van der Waals surface area contributed by atoms with E-state index in [0.29, 0.717) is 30.9 Å². The Hall–Kier alpha value is -3.38. The summed E-state index contributed by atoms with van der Waals surface area (Å²) in [5, 5.41) is 13.0. The molecule has 3 aromatic rings. The third kappa shape index (κ3) is 4.46. The topological polar surface area (TPSA) is 66.8 Å². The highest BCUT2D eigenvalue weighted by atomic mass is 32.1. The van der Waals surface area contributed by atoms with E-state index in [9.17, 15) is 14.7 Å². The number of amides is 1. The molecule has 0 aliphatic carbocycles. The van der Waals surface area contributed by atoms with Gasteiger partial charge < -0.3 is 14.7 Å². The molecule has 1 fully saturated rings. The molecule has 1 aliphatic heterocycles. The van der Waals surface area contributed by atoms with Gasteiger partial charge in [-0.25, -0.2) is 0 Å². The second-order valence-corrected chi connectivity index (χ2v) is 8.60. The number of hydrogen-bond acceptors (Lipinski definition) is 5. The molecule has 5 nitrogen and oxygen atoms in total. The zero-order valence-electron chi connectivity index (χ0n) is 17.9. The number of ether oxygens (including phenoxy) is 1. The summed E-state index contributed by atoms with van der Waals surface area (Å²) in [7, 11) is 0. The summed E-state index contributed by atoms with van der Waals surface area (Å²) in [6.07, 6.45) is 1.52. The van der Waals surface area contributed by atoms with E-state index in [4.69, 9.17) is 4.74 Å². The van der Waals surface area contributed by atoms with Crippen molar-refractivity contribution < 1.29 is 19.4 Å². The van der Waals surface area contributed by atoms with Crippen LogP contribution in [0.2, 0.25) is 0 Å². The number of rotatable bonds is 8. The molecule has 2 heterocycles. The van der Waals surface area contributed by atoms with Crippen LogP contribution < -0.4 is 4.74 Å². The second-order valence-electron chi connectivity index (χ2n) is 7.62. The minimum atomic E-state index is -0.653. The fourth-order valence-corrected chi connectivity index (χ4v) is 4.68. The fourth-order valence-electron chi connectivity index (χ4n) is 3.83. The number of ketones is 1. The first-order valence-corrected chi connectivity index (χ1v) is 11.6. The largest absolute Gasteiger partial charge is 0.507 e. The molecule has 164 valence electrons. The van der Waals surface area contributed by atoms with Gasteiger partial charge in [0.1, 0.15) is 11.5 Å². The van der Waals surface area contributed by atoms with Crippen LogP contribution in [0.3, 0.4) is 0 Å². The molecule has 1 unspecified atom stereocenters. The number of nitrogens with zero attached hydrogens (tertiary/aromatic N) is 1. The van der Waals surface area contributed by atoms with Crippen LogP contribution in [-0.2, 0) is 16.0 Å². The molecule has 1 aromatic heterocycles. The molecule has 1 aliphatic rings. The minimum absolute atomic E-state index is 0.132. The van der Waals surface area contributed by atoms with Crippen molar-refractivity contribution in [3.63, 3.8) is 0 Å². The summed E-state index contributed by atoms with van der Waals surface area (Å²) in [6, 6.07) is 20.0. The fraction of sp³-hybridized carbons (Fsp3) is 0.231. The molecule has 6 heteroatoms. The Balaban J connectivity index is 1.68. The average molecular weight is 448 g/mol. The highest BCUT2D eigenvalue weighted by Gasteiger charge is 2.46. The van der Waals surface area contributed by atoms with E-state index >= 15 is 0 Å². The summed E-state index contributed by atoms with van der Waals surface area (Å²) in [5.41, 5.74) is 1.70. The normalized spacial score (nSPS) is 17.7. The van der Waals surface area contributed by atoms with Crippen LogP contribution in [0, 0.1) is 0 Å². The van der Waals surface area contributed by atoms with E-state index in [-0.39, 0.29) is 11.3 Å². The van der Waals surface area contributed by atoms with Crippen LogP contribution >= 0.6 is 11.3 Å². The van der Waals surface area contributed by atoms with Crippen LogP contribution in [0.1, 0.15) is 35.4 Å². The maximum atomic E-state index is 13.0. The van der Waals surface area contributed by atoms with Gasteiger partial charge in [-0.15, -0.1) is 11.3 Å². The maximum Gasteiger partial charge on any atom is 0.295 e. The predicted octanol–water partition coefficient (Wildman–Crippen LogP) is 5.20. The predicted molar refractivity (Wildman–Crippen MR) is 126 cm³/mol. The summed E-state index contributed by atoms with van der Waals surface area (Å²) < 4.78 is 5.60. The van der Waals surface area contributed by atoms with Gasteiger partial charge in [0.15, 0.2) is 0 Å². The number of Topliss-reactive ketones (excluding diaryl/α,β-unsaturated/α-hetero) is 1. The smallest absolute Gasteiger partial charge is 0.295 e. The van der Waals surface area contributed by atoms with Gasteiger partial charge in [0.25, 0.3) is 11.7 Å². The summed E-state index contributed by atoms with van der Waals surface area (Å²) in [5.74, 6) is -0.698. The van der Waals surface area contributed by atoms with Gasteiger partial charge in [-0.05, 0) is 54.1 Å². The number of carbonyl (C=O) groups excluding carboxylic acids is 2. The molecule has 0 radical (unpaired) electrons. The van der Waals surface area contributed by atoms with E-state index < -0.39 is 17.7 Å². The molecular weight excluding hydrogens is 422 g/mol. The van der Waals surface area contributed by atoms with E-state index in [1.807, 2.05) is 54.8 Å². The van der Waals surface area contributed by atoms with Crippen molar-refractivity contribution in [3.05, 3.63) is 93.7 Å². The van der Waals surface area contributed by atoms with Gasteiger partial charge in [-0.2, -0.15) is 0 Å². The molecule has 1 saturated heterocycles. The zero-order chi connectivity index (χ0) is 22.5. The lowest BCUT2D eigenvalue weighted by Gasteiger charge is -2.24. The van der Waals surface area contributed by atoms with Crippen LogP contribution in [0.4, 0.5) is 0 Å². The molecule has 2 aromatic carbocycles. The highest BCUT2D eigenvalue weighted by molar-refractivity contribution is 7.10. The summed E-state index contributed by atoms with van der Waals surface area (Å²) in [6.45, 7) is 3.02. The average Bonchev–Trinajstić information content (AvgIpc) is 3.44. The van der Waals surface area contributed by atoms with Gasteiger partial charge in [0.2, 0.25) is 0 Å². The van der Waals surface area contributed by atoms with E-state index in [1.165, 1.54) is 11.3 Å². The SMILES string of the molecule is CCCOc1ccc(/C(O)=C2\C(=O)C(=O)N(CCc3ccccc3)C2c2cccs2)cc1. The Bertz CT molecular complexity index is 1100. The molecule has 0 spiro atoms. The highest BCUT2D eigenvalue weighted by Crippen LogP contribution is 2.41. The maximum absolute atomic E-state index is 13.0. The lowest BCUT2D eigenvalue weighted by molar-refractivity contribution is -0.139. The first-order chi connectivity index (χ1) is 15.6. The Morgan fingerprint density at radius 2 is 1.78 bits per heavy atom. The van der Waals surface area contributed by atoms with Crippen molar-refractivity contribution in [1.29, 1.82) is 0 Å². The third-order valence-electron chi connectivity index (χ3n) is 5.44. The Kier molecular flexibility index (Phi) is 6.71. The van der Waals surface area contributed by atoms with Crippen LogP contribution in [0.25, 0.3) is 5.76 Å². The quantitative estimate of drug-likeness (QED) is 0.293. The van der Waals surface area contributed by atoms with Crippen LogP contribution in [0.15, 0.2) is 77.7 Å². The Morgan fingerprint density at radius 1 is 1.03 bits per heavy atom. The summed E-state index contributed by atoms with van der Waals surface area (Å²) in [4.78, 5) is 28.4. The lowest BCUT2D eigenvalue weighted by Crippen LogP contribution is -2.31. The number of likely N-dealkylation sites (tertiary alicyclic amines) is 1. The Labute approximate surface area is 191 Å². The number of benzene rings is 2. The molecule has 1 N–H and O–H groups in total. The van der Waals surface area contributed by atoms with Crippen LogP contribution in [-0.4, -0.2) is 34.8 Å². The van der Waals surface area contributed by atoms with E-state index in [2.05, 4.69) is 0 Å². The van der Waals surface area contributed by atoms with Gasteiger partial charge in [-0.1, -0.05) is 43.3 Å². The molecule has 32 heavy (non-hydrogen) atoms. The molecule has 0 saturated carbocycles. The first kappa shape index (κ1) is 21.8. The Morgan fingerprint density at radius 3 is 2.44 bits per heavy atom. The van der Waals surface area contributed by atoms with Crippen molar-refractivity contribution in [2.45, 2.75) is 25.8 Å². The van der Waals surface area contributed by atoms with Crippen LogP contribution in [0.5, 0.6) is 5.75 Å². The van der Waals surface area contributed by atoms with Crippen molar-refractivity contribution in [2.75, 3.05) is 13.2 Å². The molecular formula is C26H25NO4S. The molecule has 1 amide bonds. The zero-order valence-corrected chi connectivity index (χ0v) is 18.7. The number of aliphatic hydroxyl groups is 1. The lowest BCUT2D eigenvalue weighted by atomic mass is 9.99. The van der Waals surface area contributed by atoms with Crippen molar-refractivity contribution in [2.24, 2.45) is 0 Å². The monoisotopic (exact) mass is 447 g/mol. The second kappa shape index (κ2) is 9.83.